The summed E-state index contributed by atoms with van der Waals surface area (Å²) in [6.07, 6.45) is 10.3. The number of hydrogen-bond donors (Lipinski definition) is 3. The summed E-state index contributed by atoms with van der Waals surface area (Å²) in [7, 11) is 0. The topological polar surface area (TPSA) is 87.7 Å². The predicted molar refractivity (Wildman–Crippen MR) is 112 cm³/mol. The number of aliphatic hydroxyl groups is 1. The zero-order valence-corrected chi connectivity index (χ0v) is 17.6. The third-order valence-electron chi connectivity index (χ3n) is 8.66. The normalized spacial score (nSPS) is 36.3. The van der Waals surface area contributed by atoms with Crippen LogP contribution in [0.25, 0.3) is 0 Å². The minimum atomic E-state index is 0.0671. The summed E-state index contributed by atoms with van der Waals surface area (Å²) >= 11 is 0. The molecule has 0 aromatic rings. The Morgan fingerprint density at radius 2 is 2.04 bits per heavy atom. The second-order valence-corrected chi connectivity index (χ2v) is 10.1. The lowest BCUT2D eigenvalue weighted by molar-refractivity contribution is -0.120. The number of hydrogen-bond acceptors (Lipinski definition) is 5. The minimum absolute atomic E-state index is 0.0671. The van der Waals surface area contributed by atoms with Gasteiger partial charge in [0.1, 0.15) is 0 Å². The molecule has 0 aromatic heterocycles. The smallest absolute Gasteiger partial charge is 0.188 e. The minimum Gasteiger partial charge on any atom is -0.396 e. The Bertz CT molecular complexity index is 696. The maximum Gasteiger partial charge on any atom is 0.188 e. The van der Waals surface area contributed by atoms with E-state index >= 15 is 0 Å². The van der Waals surface area contributed by atoms with Crippen LogP contribution in [-0.4, -0.2) is 36.0 Å². The summed E-state index contributed by atoms with van der Waals surface area (Å²) in [6, 6.07) is 0.394. The molecule has 1 heterocycles. The van der Waals surface area contributed by atoms with Crippen LogP contribution in [0.4, 0.5) is 0 Å². The number of aliphatic imine (C=N–C) groups is 1. The number of allylic oxidation sites excluding steroid dienone is 2. The van der Waals surface area contributed by atoms with Gasteiger partial charge in [0.05, 0.1) is 0 Å². The molecule has 2 saturated carbocycles. The van der Waals surface area contributed by atoms with Crippen molar-refractivity contribution in [3.63, 3.8) is 0 Å². The van der Waals surface area contributed by atoms with E-state index in [2.05, 4.69) is 24.2 Å². The van der Waals surface area contributed by atoms with Crippen molar-refractivity contribution in [3.8, 4) is 0 Å². The van der Waals surface area contributed by atoms with Gasteiger partial charge in [0.25, 0.3) is 0 Å². The van der Waals surface area contributed by atoms with Crippen LogP contribution >= 0.6 is 0 Å². The zero-order chi connectivity index (χ0) is 19.9. The van der Waals surface area contributed by atoms with E-state index in [0.717, 1.165) is 57.9 Å². The van der Waals surface area contributed by atoms with Crippen LogP contribution < -0.4 is 11.1 Å². The second-order valence-electron chi connectivity index (χ2n) is 10.1. The van der Waals surface area contributed by atoms with Gasteiger partial charge >= 0.3 is 0 Å². The number of nitrogens with two attached hydrogens (primary N) is 1. The van der Waals surface area contributed by atoms with E-state index in [4.69, 9.17) is 5.73 Å². The van der Waals surface area contributed by atoms with E-state index in [9.17, 15) is 9.90 Å². The van der Waals surface area contributed by atoms with E-state index in [1.165, 1.54) is 24.0 Å². The highest BCUT2D eigenvalue weighted by atomic mass is 16.2. The molecule has 3 aliphatic carbocycles. The Labute approximate surface area is 169 Å². The highest BCUT2D eigenvalue weighted by Gasteiger charge is 2.66. The molecule has 28 heavy (non-hydrogen) atoms. The molecule has 2 fully saturated rings. The van der Waals surface area contributed by atoms with Crippen molar-refractivity contribution in [2.75, 3.05) is 13.2 Å². The first-order valence-corrected chi connectivity index (χ1v) is 11.3. The summed E-state index contributed by atoms with van der Waals surface area (Å²) in [5, 5.41) is 12.7. The fraction of sp³-hybridized carbons (Fsp3) is 0.826. The van der Waals surface area contributed by atoms with Crippen LogP contribution in [0.1, 0.15) is 78.1 Å². The average molecular weight is 388 g/mol. The molecule has 0 aromatic carbocycles. The van der Waals surface area contributed by atoms with Crippen LogP contribution in [0.5, 0.6) is 0 Å². The van der Waals surface area contributed by atoms with Crippen LogP contribution in [0.15, 0.2) is 16.1 Å². The lowest BCUT2D eigenvalue weighted by atomic mass is 9.51. The molecule has 156 valence electrons. The molecule has 2 bridgehead atoms. The van der Waals surface area contributed by atoms with Gasteiger partial charge in [-0.05, 0) is 80.6 Å². The largest absolute Gasteiger partial charge is 0.396 e. The van der Waals surface area contributed by atoms with Crippen molar-refractivity contribution in [2.24, 2.45) is 33.4 Å². The molecule has 4 aliphatic rings. The first-order chi connectivity index (χ1) is 13.4. The standard InChI is InChI=1S/C23H37N3O2/c1-22(2)16-9-8-15(5-4-12-27)23(22)14-20(28)18(19(23)13-16)7-3-6-17-10-11-25-21(24)26-17/h15-17,27H,3-14H2,1-2H3,(H3,24,25,26)/t15-,16-,17+,23+/m1/s1. The first kappa shape index (κ1) is 19.9. The van der Waals surface area contributed by atoms with Crippen LogP contribution in [-0.2, 0) is 4.79 Å². The molecule has 0 amide bonds. The van der Waals surface area contributed by atoms with Crippen molar-refractivity contribution >= 4 is 11.7 Å². The van der Waals surface area contributed by atoms with Gasteiger partial charge in [0.15, 0.2) is 11.7 Å². The first-order valence-electron chi connectivity index (χ1n) is 11.3. The summed E-state index contributed by atoms with van der Waals surface area (Å²) in [6.45, 7) is 5.90. The van der Waals surface area contributed by atoms with E-state index in [-0.39, 0.29) is 17.4 Å². The van der Waals surface area contributed by atoms with E-state index in [0.29, 0.717) is 29.6 Å². The molecule has 0 unspecified atom stereocenters. The van der Waals surface area contributed by atoms with Crippen molar-refractivity contribution in [3.05, 3.63) is 11.1 Å². The summed E-state index contributed by atoms with van der Waals surface area (Å²) in [5.41, 5.74) is 8.77. The highest BCUT2D eigenvalue weighted by molar-refractivity contribution is 6.00. The maximum absolute atomic E-state index is 13.2. The average Bonchev–Trinajstić information content (AvgIpc) is 2.96. The van der Waals surface area contributed by atoms with Crippen molar-refractivity contribution < 1.29 is 9.90 Å². The van der Waals surface area contributed by atoms with Crippen LogP contribution in [0.2, 0.25) is 0 Å². The quantitative estimate of drug-likeness (QED) is 0.625. The maximum atomic E-state index is 13.2. The molecule has 4 rings (SSSR count). The van der Waals surface area contributed by atoms with Gasteiger partial charge < -0.3 is 16.2 Å². The Kier molecular flexibility index (Phi) is 5.32. The molecular formula is C23H37N3O2. The lowest BCUT2D eigenvalue weighted by Crippen LogP contribution is -2.46. The number of Topliss-reactive ketones (excluding diaryl/α,β-unsaturated/α-hetero) is 1. The Morgan fingerprint density at radius 1 is 1.21 bits per heavy atom. The summed E-state index contributed by atoms with van der Waals surface area (Å²) in [4.78, 5) is 17.4. The van der Waals surface area contributed by atoms with Gasteiger partial charge in [-0.15, -0.1) is 0 Å². The number of carbonyl (C=O) groups excluding carboxylic acids is 1. The SMILES string of the molecule is CC1(C)[C@@H]2CC[C@@H](CCCO)[C@]13CC(=O)C(CCC[C@H]1CCN=C(N)N1)=C3C2. The molecule has 4 N–H and O–H groups in total. The zero-order valence-electron chi connectivity index (χ0n) is 17.6. The summed E-state index contributed by atoms with van der Waals surface area (Å²) in [5.74, 6) is 2.25. The van der Waals surface area contributed by atoms with Crippen molar-refractivity contribution in [2.45, 2.75) is 84.1 Å². The Balaban J connectivity index is 1.52. The van der Waals surface area contributed by atoms with Gasteiger partial charge in [-0.2, -0.15) is 0 Å². The predicted octanol–water partition coefficient (Wildman–Crippen LogP) is 3.32. The molecule has 4 atom stereocenters. The van der Waals surface area contributed by atoms with E-state index in [1.807, 2.05) is 0 Å². The molecule has 0 saturated heterocycles. The van der Waals surface area contributed by atoms with Gasteiger partial charge in [-0.25, -0.2) is 0 Å². The third-order valence-corrected chi connectivity index (χ3v) is 8.66. The third kappa shape index (κ3) is 3.01. The number of nitrogens with one attached hydrogen (secondary N) is 1. The molecular weight excluding hydrogens is 350 g/mol. The number of ketones is 1. The van der Waals surface area contributed by atoms with Gasteiger partial charge in [-0.3, -0.25) is 9.79 Å². The Morgan fingerprint density at radius 3 is 2.79 bits per heavy atom. The van der Waals surface area contributed by atoms with Gasteiger partial charge in [0.2, 0.25) is 0 Å². The van der Waals surface area contributed by atoms with Gasteiger partial charge in [-0.1, -0.05) is 19.4 Å². The number of nitrogens with zero attached hydrogens (tertiary/aromatic N) is 1. The summed E-state index contributed by atoms with van der Waals surface area (Å²) < 4.78 is 0. The Hall–Kier alpha value is -1.36. The fourth-order valence-corrected chi connectivity index (χ4v) is 7.15. The molecule has 0 radical (unpaired) electrons. The number of aliphatic hydroxyl groups excluding tert-OH is 1. The number of rotatable bonds is 7. The molecule has 5 nitrogen and oxygen atoms in total. The van der Waals surface area contributed by atoms with Crippen LogP contribution in [0, 0.1) is 22.7 Å². The highest BCUT2D eigenvalue weighted by Crippen LogP contribution is 2.73. The molecule has 5 heteroatoms. The monoisotopic (exact) mass is 387 g/mol. The van der Waals surface area contributed by atoms with Crippen molar-refractivity contribution in [1.82, 2.24) is 5.32 Å². The van der Waals surface area contributed by atoms with Gasteiger partial charge in [0, 0.05) is 31.0 Å². The lowest BCUT2D eigenvalue weighted by Gasteiger charge is -2.52. The van der Waals surface area contributed by atoms with E-state index < -0.39 is 0 Å². The van der Waals surface area contributed by atoms with E-state index in [1.54, 1.807) is 0 Å². The fourth-order valence-electron chi connectivity index (χ4n) is 7.15. The molecule has 1 aliphatic heterocycles. The number of guanidine groups is 1. The number of fused-ring (bicyclic) bond motifs is 1. The molecule has 1 spiro atoms. The van der Waals surface area contributed by atoms with Crippen LogP contribution in [0.3, 0.4) is 0 Å². The van der Waals surface area contributed by atoms with Crippen molar-refractivity contribution in [1.29, 1.82) is 0 Å². The number of carbonyl (C=O) groups is 1. The second kappa shape index (κ2) is 7.47.